The van der Waals surface area contributed by atoms with Gasteiger partial charge < -0.3 is 5.32 Å². The molecule has 1 heterocycles. The summed E-state index contributed by atoms with van der Waals surface area (Å²) < 4.78 is 0.616. The second-order valence-corrected chi connectivity index (χ2v) is 5.08. The topological polar surface area (TPSA) is 81.0 Å². The molecule has 20 heavy (non-hydrogen) atoms. The van der Waals surface area contributed by atoms with Gasteiger partial charge in [-0.2, -0.15) is 0 Å². The van der Waals surface area contributed by atoms with E-state index in [1.54, 1.807) is 12.1 Å². The molecule has 0 aliphatic carbocycles. The molecule has 0 radical (unpaired) electrons. The lowest BCUT2D eigenvalue weighted by Crippen LogP contribution is -2.07. The zero-order valence-electron chi connectivity index (χ0n) is 10.2. The molecule has 1 N–H and O–H groups in total. The van der Waals surface area contributed by atoms with Crippen molar-refractivity contribution < 1.29 is 4.92 Å². The Kier molecular flexibility index (Phi) is 4.86. The average molecular weight is 358 g/mol. The molecule has 0 saturated heterocycles. The van der Waals surface area contributed by atoms with Crippen LogP contribution >= 0.6 is 27.5 Å². The SMILES string of the molecule is O=[N+]([O-])c1ccc(CCNc2ncnc(Cl)c2Br)cc1. The predicted octanol–water partition coefficient (Wildman–Crippen LogP) is 3.46. The van der Waals surface area contributed by atoms with Crippen molar-refractivity contribution in [2.75, 3.05) is 11.9 Å². The molecule has 1 aromatic carbocycles. The molecule has 0 fully saturated rings. The van der Waals surface area contributed by atoms with E-state index in [9.17, 15) is 10.1 Å². The van der Waals surface area contributed by atoms with Gasteiger partial charge in [-0.05, 0) is 27.9 Å². The summed E-state index contributed by atoms with van der Waals surface area (Å²) in [6, 6.07) is 6.46. The minimum absolute atomic E-state index is 0.0898. The summed E-state index contributed by atoms with van der Waals surface area (Å²) in [4.78, 5) is 18.0. The maximum atomic E-state index is 10.5. The molecule has 0 bridgehead atoms. The molecule has 0 aliphatic rings. The number of hydrogen-bond acceptors (Lipinski definition) is 5. The van der Waals surface area contributed by atoms with Gasteiger partial charge in [0.05, 0.1) is 9.40 Å². The Hall–Kier alpha value is -1.73. The summed E-state index contributed by atoms with van der Waals surface area (Å²) in [7, 11) is 0. The Morgan fingerprint density at radius 2 is 2.00 bits per heavy atom. The van der Waals surface area contributed by atoms with E-state index in [4.69, 9.17) is 11.6 Å². The van der Waals surface area contributed by atoms with Gasteiger partial charge in [0, 0.05) is 18.7 Å². The fourth-order valence-electron chi connectivity index (χ4n) is 1.58. The van der Waals surface area contributed by atoms with Crippen molar-refractivity contribution in [3.05, 3.63) is 55.9 Å². The van der Waals surface area contributed by atoms with Crippen LogP contribution in [0.2, 0.25) is 5.15 Å². The van der Waals surface area contributed by atoms with Crippen LogP contribution in [0.1, 0.15) is 5.56 Å². The largest absolute Gasteiger partial charge is 0.369 e. The molecule has 8 heteroatoms. The van der Waals surface area contributed by atoms with E-state index in [1.807, 2.05) is 0 Å². The van der Waals surface area contributed by atoms with Crippen LogP contribution < -0.4 is 5.32 Å². The Balaban J connectivity index is 1.92. The molecule has 2 rings (SSSR count). The van der Waals surface area contributed by atoms with E-state index in [0.29, 0.717) is 28.4 Å². The number of nitrogens with zero attached hydrogens (tertiary/aromatic N) is 3. The first-order chi connectivity index (χ1) is 9.58. The summed E-state index contributed by atoms with van der Waals surface area (Å²) in [6.07, 6.45) is 2.09. The molecule has 0 unspecified atom stereocenters. The van der Waals surface area contributed by atoms with Crippen molar-refractivity contribution in [2.24, 2.45) is 0 Å². The minimum Gasteiger partial charge on any atom is -0.369 e. The highest BCUT2D eigenvalue weighted by molar-refractivity contribution is 9.10. The van der Waals surface area contributed by atoms with Crippen LogP contribution in [0.4, 0.5) is 11.5 Å². The maximum absolute atomic E-state index is 10.5. The van der Waals surface area contributed by atoms with Crippen molar-refractivity contribution in [1.29, 1.82) is 0 Å². The third kappa shape index (κ3) is 3.64. The van der Waals surface area contributed by atoms with Crippen LogP contribution in [0.15, 0.2) is 35.1 Å². The molecule has 0 aliphatic heterocycles. The van der Waals surface area contributed by atoms with Crippen molar-refractivity contribution >= 4 is 39.0 Å². The van der Waals surface area contributed by atoms with Crippen molar-refractivity contribution in [1.82, 2.24) is 9.97 Å². The fraction of sp³-hybridized carbons (Fsp3) is 0.167. The van der Waals surface area contributed by atoms with Crippen LogP contribution in [0.25, 0.3) is 0 Å². The molecule has 0 amide bonds. The number of nitro benzene ring substituents is 1. The average Bonchev–Trinajstić information content (AvgIpc) is 2.44. The van der Waals surface area contributed by atoms with Gasteiger partial charge in [0.15, 0.2) is 0 Å². The molecule has 0 atom stereocenters. The van der Waals surface area contributed by atoms with E-state index < -0.39 is 4.92 Å². The third-order valence-corrected chi connectivity index (χ3v) is 3.87. The normalized spacial score (nSPS) is 10.3. The van der Waals surface area contributed by atoms with E-state index in [2.05, 4.69) is 31.2 Å². The lowest BCUT2D eigenvalue weighted by molar-refractivity contribution is -0.384. The highest BCUT2D eigenvalue weighted by atomic mass is 79.9. The van der Waals surface area contributed by atoms with Crippen molar-refractivity contribution in [3.8, 4) is 0 Å². The van der Waals surface area contributed by atoms with Gasteiger partial charge in [0.2, 0.25) is 0 Å². The third-order valence-electron chi connectivity index (χ3n) is 2.60. The number of hydrogen-bond donors (Lipinski definition) is 1. The second kappa shape index (κ2) is 6.62. The number of non-ortho nitro benzene ring substituents is 1. The van der Waals surface area contributed by atoms with Crippen molar-refractivity contribution in [3.63, 3.8) is 0 Å². The molecule has 104 valence electrons. The molecule has 2 aromatic rings. The monoisotopic (exact) mass is 356 g/mol. The molecule has 0 saturated carbocycles. The number of nitrogens with one attached hydrogen (secondary N) is 1. The fourth-order valence-corrected chi connectivity index (χ4v) is 2.06. The summed E-state index contributed by atoms with van der Waals surface area (Å²) in [5.74, 6) is 0.618. The van der Waals surface area contributed by atoms with E-state index >= 15 is 0 Å². The summed E-state index contributed by atoms with van der Waals surface area (Å²) in [6.45, 7) is 0.629. The van der Waals surface area contributed by atoms with Crippen LogP contribution in [0, 0.1) is 10.1 Å². The number of benzene rings is 1. The second-order valence-electron chi connectivity index (χ2n) is 3.93. The predicted molar refractivity (Wildman–Crippen MR) is 80.0 cm³/mol. The Morgan fingerprint density at radius 3 is 2.65 bits per heavy atom. The van der Waals surface area contributed by atoms with Gasteiger partial charge in [0.1, 0.15) is 17.3 Å². The van der Waals surface area contributed by atoms with E-state index in [1.165, 1.54) is 18.5 Å². The molecular weight excluding hydrogens is 348 g/mol. The molecule has 1 aromatic heterocycles. The number of anilines is 1. The smallest absolute Gasteiger partial charge is 0.269 e. The Morgan fingerprint density at radius 1 is 1.30 bits per heavy atom. The maximum Gasteiger partial charge on any atom is 0.269 e. The van der Waals surface area contributed by atoms with Gasteiger partial charge in [-0.1, -0.05) is 23.7 Å². The van der Waals surface area contributed by atoms with Gasteiger partial charge in [-0.3, -0.25) is 10.1 Å². The summed E-state index contributed by atoms with van der Waals surface area (Å²) in [5.41, 5.74) is 1.09. The summed E-state index contributed by atoms with van der Waals surface area (Å²) in [5, 5.41) is 14.0. The first kappa shape index (κ1) is 14.7. The van der Waals surface area contributed by atoms with E-state index in [-0.39, 0.29) is 5.69 Å². The molecular formula is C12H10BrClN4O2. The van der Waals surface area contributed by atoms with Crippen LogP contribution in [0.3, 0.4) is 0 Å². The van der Waals surface area contributed by atoms with Crippen LogP contribution in [-0.4, -0.2) is 21.4 Å². The Labute approximate surface area is 128 Å². The quantitative estimate of drug-likeness (QED) is 0.503. The van der Waals surface area contributed by atoms with Gasteiger partial charge in [0.25, 0.3) is 5.69 Å². The zero-order chi connectivity index (χ0) is 14.5. The first-order valence-electron chi connectivity index (χ1n) is 5.71. The highest BCUT2D eigenvalue weighted by Crippen LogP contribution is 2.25. The number of halogens is 2. The minimum atomic E-state index is -0.415. The van der Waals surface area contributed by atoms with Gasteiger partial charge >= 0.3 is 0 Å². The first-order valence-corrected chi connectivity index (χ1v) is 6.88. The number of aromatic nitrogens is 2. The van der Waals surface area contributed by atoms with Crippen molar-refractivity contribution in [2.45, 2.75) is 6.42 Å². The van der Waals surface area contributed by atoms with E-state index in [0.717, 1.165) is 5.56 Å². The lowest BCUT2D eigenvalue weighted by atomic mass is 10.1. The highest BCUT2D eigenvalue weighted by Gasteiger charge is 2.07. The lowest BCUT2D eigenvalue weighted by Gasteiger charge is -2.07. The standard InChI is InChI=1S/C12H10BrClN4O2/c13-10-11(14)16-7-17-12(10)15-6-5-8-1-3-9(4-2-8)18(19)20/h1-4,7H,5-6H2,(H,15,16,17). The van der Waals surface area contributed by atoms with Crippen LogP contribution in [0.5, 0.6) is 0 Å². The molecule has 0 spiro atoms. The number of nitro groups is 1. The Bertz CT molecular complexity index is 621. The van der Waals surface area contributed by atoms with Crippen LogP contribution in [-0.2, 0) is 6.42 Å². The van der Waals surface area contributed by atoms with Gasteiger partial charge in [-0.15, -0.1) is 0 Å². The number of rotatable bonds is 5. The molecule has 6 nitrogen and oxygen atoms in total. The zero-order valence-corrected chi connectivity index (χ0v) is 12.6. The summed E-state index contributed by atoms with van der Waals surface area (Å²) >= 11 is 9.15. The van der Waals surface area contributed by atoms with Gasteiger partial charge in [-0.25, -0.2) is 9.97 Å².